The number of carbonyl (C=O) groups excluding carboxylic acids is 2. The number of fused-ring (bicyclic) bond motifs is 1. The Labute approximate surface area is 239 Å². The highest BCUT2D eigenvalue weighted by Crippen LogP contribution is 2.48. The summed E-state index contributed by atoms with van der Waals surface area (Å²) >= 11 is 0. The summed E-state index contributed by atoms with van der Waals surface area (Å²) in [5.41, 5.74) is 2.21. The number of benzene rings is 3. The van der Waals surface area contributed by atoms with E-state index >= 15 is 0 Å². The second kappa shape index (κ2) is 12.4. The number of carbonyl (C=O) groups is 2. The number of methoxy groups -OCH3 is 3. The molecule has 3 aromatic carbocycles. The molecule has 3 atom stereocenters. The summed E-state index contributed by atoms with van der Waals surface area (Å²) in [7, 11) is 4.67. The van der Waals surface area contributed by atoms with E-state index in [1.807, 2.05) is 47.4 Å². The third-order valence-corrected chi connectivity index (χ3v) is 7.48. The lowest BCUT2D eigenvalue weighted by atomic mass is 9.82. The molecule has 2 aliphatic rings. The fourth-order valence-corrected chi connectivity index (χ4v) is 5.64. The molecule has 0 unspecified atom stereocenters. The van der Waals surface area contributed by atoms with E-state index in [1.54, 1.807) is 32.2 Å². The third-order valence-electron chi connectivity index (χ3n) is 7.48. The molecule has 5 rings (SSSR count). The van der Waals surface area contributed by atoms with Crippen molar-refractivity contribution < 1.29 is 38.0 Å². The Bertz CT molecular complexity index is 1370. The van der Waals surface area contributed by atoms with Crippen LogP contribution in [0.3, 0.4) is 0 Å². The zero-order valence-electron chi connectivity index (χ0n) is 23.5. The second-order valence-electron chi connectivity index (χ2n) is 9.73. The number of likely N-dealkylation sites (tertiary alicyclic amines) is 1. The van der Waals surface area contributed by atoms with Crippen molar-refractivity contribution in [3.05, 3.63) is 71.8 Å². The Morgan fingerprint density at radius 3 is 2.24 bits per heavy atom. The van der Waals surface area contributed by atoms with Gasteiger partial charge in [0.05, 0.1) is 40.4 Å². The van der Waals surface area contributed by atoms with Crippen LogP contribution < -0.4 is 29.0 Å². The number of hydrogen-bond donors (Lipinski definition) is 1. The van der Waals surface area contributed by atoms with Crippen LogP contribution >= 0.6 is 0 Å². The molecule has 10 nitrogen and oxygen atoms in total. The molecule has 2 heterocycles. The number of nitrogens with zero attached hydrogens (tertiary/aromatic N) is 1. The maximum atomic E-state index is 13.6. The Hall–Kier alpha value is -4.44. The fraction of sp³-hybridized carbons (Fsp3) is 0.355. The van der Waals surface area contributed by atoms with Crippen LogP contribution in [0.15, 0.2) is 60.7 Å². The van der Waals surface area contributed by atoms with E-state index in [9.17, 15) is 9.59 Å². The van der Waals surface area contributed by atoms with Gasteiger partial charge in [0.15, 0.2) is 11.5 Å². The van der Waals surface area contributed by atoms with Crippen LogP contribution in [-0.2, 0) is 14.3 Å². The van der Waals surface area contributed by atoms with Crippen LogP contribution in [0.5, 0.6) is 28.7 Å². The number of rotatable bonds is 10. The fourth-order valence-electron chi connectivity index (χ4n) is 5.64. The van der Waals surface area contributed by atoms with E-state index < -0.39 is 12.0 Å². The van der Waals surface area contributed by atoms with Crippen molar-refractivity contribution in [3.63, 3.8) is 0 Å². The van der Waals surface area contributed by atoms with E-state index in [0.29, 0.717) is 41.0 Å². The highest BCUT2D eigenvalue weighted by molar-refractivity contribution is 5.95. The van der Waals surface area contributed by atoms with Crippen LogP contribution in [0.25, 0.3) is 0 Å². The predicted octanol–water partition coefficient (Wildman–Crippen LogP) is 4.40. The van der Waals surface area contributed by atoms with Crippen molar-refractivity contribution in [1.29, 1.82) is 0 Å². The lowest BCUT2D eigenvalue weighted by Crippen LogP contribution is -2.35. The molecule has 2 aliphatic heterocycles. The third kappa shape index (κ3) is 5.74. The second-order valence-corrected chi connectivity index (χ2v) is 9.73. The standard InChI is InChI=1S/C31H34N2O8/c1-5-39-31(35)28-22(20-11-14-23-26(15-20)41-18-40-23)16-33(30(28)19-9-12-21(36-2)13-10-19)17-27(34)32-29-24(37-3)7-6-8-25(29)38-4/h6-15,22,28,30H,5,16-18H2,1-4H3,(H,32,34)/t22-,28-,30+/m1/s1. The van der Waals surface area contributed by atoms with E-state index in [0.717, 1.165) is 11.1 Å². The molecule has 41 heavy (non-hydrogen) atoms. The van der Waals surface area contributed by atoms with Crippen molar-refractivity contribution in [2.75, 3.05) is 53.1 Å². The molecular formula is C31H34N2O8. The molecule has 1 saturated heterocycles. The Morgan fingerprint density at radius 1 is 0.902 bits per heavy atom. The summed E-state index contributed by atoms with van der Waals surface area (Å²) in [6, 6.07) is 18.1. The molecule has 3 aromatic rings. The topological polar surface area (TPSA) is 105 Å². The average molecular weight is 563 g/mol. The Morgan fingerprint density at radius 2 is 1.59 bits per heavy atom. The molecule has 1 N–H and O–H groups in total. The molecule has 0 spiro atoms. The van der Waals surface area contributed by atoms with E-state index in [1.165, 1.54) is 14.2 Å². The molecule has 0 saturated carbocycles. The van der Waals surface area contributed by atoms with Crippen LogP contribution in [0, 0.1) is 5.92 Å². The SMILES string of the molecule is CCOC(=O)[C@@H]1[C@@H](c2ccc3c(c2)OCO3)CN(CC(=O)Nc2c(OC)cccc2OC)[C@H]1c1ccc(OC)cc1. The molecule has 0 aliphatic carbocycles. The summed E-state index contributed by atoms with van der Waals surface area (Å²) < 4.78 is 33.0. The van der Waals surface area contributed by atoms with Gasteiger partial charge in [0.2, 0.25) is 12.7 Å². The van der Waals surface area contributed by atoms with Crippen molar-refractivity contribution >= 4 is 17.6 Å². The summed E-state index contributed by atoms with van der Waals surface area (Å²) in [5.74, 6) is 1.48. The monoisotopic (exact) mass is 562 g/mol. The first-order valence-corrected chi connectivity index (χ1v) is 13.4. The lowest BCUT2D eigenvalue weighted by molar-refractivity contribution is -0.149. The minimum absolute atomic E-state index is 0.00879. The van der Waals surface area contributed by atoms with Gasteiger partial charge in [-0.2, -0.15) is 0 Å². The maximum absolute atomic E-state index is 13.6. The first kappa shape index (κ1) is 28.1. The highest BCUT2D eigenvalue weighted by Gasteiger charge is 2.48. The number of anilines is 1. The summed E-state index contributed by atoms with van der Waals surface area (Å²) in [5, 5.41) is 2.95. The molecular weight excluding hydrogens is 528 g/mol. The van der Waals surface area contributed by atoms with Gasteiger partial charge < -0.3 is 33.7 Å². The minimum Gasteiger partial charge on any atom is -0.497 e. The molecule has 216 valence electrons. The number of hydrogen-bond acceptors (Lipinski definition) is 9. The molecule has 1 amide bonds. The predicted molar refractivity (Wildman–Crippen MR) is 151 cm³/mol. The van der Waals surface area contributed by atoms with Gasteiger partial charge in [-0.25, -0.2) is 0 Å². The normalized spacial score (nSPS) is 19.5. The Kier molecular flexibility index (Phi) is 8.49. The van der Waals surface area contributed by atoms with Gasteiger partial charge >= 0.3 is 5.97 Å². The summed E-state index contributed by atoms with van der Waals surface area (Å²) in [6.45, 7) is 2.62. The number of amides is 1. The lowest BCUT2D eigenvalue weighted by Gasteiger charge is -2.28. The zero-order valence-corrected chi connectivity index (χ0v) is 23.5. The van der Waals surface area contributed by atoms with Gasteiger partial charge in [0.25, 0.3) is 0 Å². The smallest absolute Gasteiger partial charge is 0.311 e. The number of ether oxygens (including phenoxy) is 6. The maximum Gasteiger partial charge on any atom is 0.311 e. The van der Waals surface area contributed by atoms with Crippen molar-refractivity contribution in [3.8, 4) is 28.7 Å². The van der Waals surface area contributed by atoms with Crippen molar-refractivity contribution in [1.82, 2.24) is 4.90 Å². The molecule has 10 heteroatoms. The van der Waals surface area contributed by atoms with Gasteiger partial charge in [0, 0.05) is 18.5 Å². The van der Waals surface area contributed by atoms with Gasteiger partial charge in [-0.1, -0.05) is 24.3 Å². The summed E-state index contributed by atoms with van der Waals surface area (Å²) in [4.78, 5) is 29.1. The average Bonchev–Trinajstić information content (AvgIpc) is 3.61. The number of para-hydroxylation sites is 1. The van der Waals surface area contributed by atoms with Crippen molar-refractivity contribution in [2.45, 2.75) is 18.9 Å². The molecule has 0 radical (unpaired) electrons. The van der Waals surface area contributed by atoms with Gasteiger partial charge in [-0.15, -0.1) is 0 Å². The molecule has 0 aromatic heterocycles. The molecule has 0 bridgehead atoms. The summed E-state index contributed by atoms with van der Waals surface area (Å²) in [6.07, 6.45) is 0. The minimum atomic E-state index is -0.586. The Balaban J connectivity index is 1.51. The van der Waals surface area contributed by atoms with Gasteiger partial charge in [0.1, 0.15) is 22.9 Å². The first-order valence-electron chi connectivity index (χ1n) is 13.4. The van der Waals surface area contributed by atoms with Gasteiger partial charge in [-0.05, 0) is 54.4 Å². The molecule has 1 fully saturated rings. The highest BCUT2D eigenvalue weighted by atomic mass is 16.7. The zero-order chi connectivity index (χ0) is 28.9. The number of esters is 1. The quantitative estimate of drug-likeness (QED) is 0.360. The van der Waals surface area contributed by atoms with Crippen LogP contribution in [0.1, 0.15) is 30.0 Å². The first-order chi connectivity index (χ1) is 20.0. The van der Waals surface area contributed by atoms with Gasteiger partial charge in [-0.3, -0.25) is 14.5 Å². The largest absolute Gasteiger partial charge is 0.497 e. The van der Waals surface area contributed by atoms with Crippen molar-refractivity contribution in [2.24, 2.45) is 5.92 Å². The van der Waals surface area contributed by atoms with Crippen LogP contribution in [0.4, 0.5) is 5.69 Å². The van der Waals surface area contributed by atoms with E-state index in [4.69, 9.17) is 28.4 Å². The van der Waals surface area contributed by atoms with Crippen LogP contribution in [0.2, 0.25) is 0 Å². The number of nitrogens with one attached hydrogen (secondary N) is 1. The van der Waals surface area contributed by atoms with Crippen LogP contribution in [-0.4, -0.2) is 64.6 Å². The van der Waals surface area contributed by atoms with E-state index in [-0.39, 0.29) is 37.7 Å². The van der Waals surface area contributed by atoms with E-state index in [2.05, 4.69) is 5.32 Å².